The van der Waals surface area contributed by atoms with Crippen LogP contribution in [0, 0.1) is 0 Å². The first-order valence-corrected chi connectivity index (χ1v) is 31.6. The minimum Gasteiger partial charge on any atom is -0.479 e. The van der Waals surface area contributed by atoms with E-state index in [2.05, 4.69) is 5.32 Å². The third kappa shape index (κ3) is 17.6. The smallest absolute Gasteiger partial charge is 0.364 e. The van der Waals surface area contributed by atoms with E-state index in [1.54, 1.807) is 0 Å². The predicted molar refractivity (Wildman–Crippen MR) is 302 cm³/mol. The van der Waals surface area contributed by atoms with E-state index in [0.29, 0.717) is 0 Å². The number of hydrogen-bond acceptors (Lipinski definition) is 42. The molecule has 0 bridgehead atoms. The first-order valence-electron chi connectivity index (χ1n) is 31.6. The number of carboxylic acids is 2. The predicted octanol–water partition coefficient (Wildman–Crippen LogP) is -16.9. The Bertz CT molecular complexity index is 2590. The average Bonchev–Trinajstić information content (AvgIpc) is 0.770. The van der Waals surface area contributed by atoms with Crippen LogP contribution >= 0.6 is 0 Å². The monoisotopic (exact) mass is 1470 g/mol. The molecule has 0 aromatic carbocycles. The highest BCUT2D eigenvalue weighted by Gasteiger charge is 2.61. The molecule has 0 spiro atoms. The van der Waals surface area contributed by atoms with Crippen molar-refractivity contribution in [1.29, 1.82) is 0 Å². The second-order valence-electron chi connectivity index (χ2n) is 25.2. The molecule has 8 saturated heterocycles. The molecule has 0 radical (unpaired) electrons. The summed E-state index contributed by atoms with van der Waals surface area (Å²) in [6.45, 7) is -4.51. The number of carbonyl (C=O) groups is 3. The van der Waals surface area contributed by atoms with E-state index in [-0.39, 0.29) is 0 Å². The summed E-state index contributed by atoms with van der Waals surface area (Å²) in [5, 5.41) is 275. The zero-order valence-electron chi connectivity index (χ0n) is 53.2. The number of aliphatic hydroxyl groups is 23. The molecule has 0 saturated carbocycles. The molecular weight excluding hydrogens is 1380 g/mol. The van der Waals surface area contributed by atoms with Crippen LogP contribution in [0.4, 0.5) is 0 Å². The Kier molecular flexibility index (Phi) is 28.9. The molecule has 0 aliphatic carbocycles. The second-order valence-corrected chi connectivity index (χ2v) is 25.2. The summed E-state index contributed by atoms with van der Waals surface area (Å²) in [4.78, 5) is 36.4. The van der Waals surface area contributed by atoms with Crippen LogP contribution < -0.4 is 5.32 Å². The molecule has 1 unspecified atom stereocenters. The van der Waals surface area contributed by atoms with Crippen LogP contribution in [0.5, 0.6) is 0 Å². The second kappa shape index (κ2) is 35.1. The summed E-state index contributed by atoms with van der Waals surface area (Å²) in [6.07, 6.45) is -82.9. The zero-order chi connectivity index (χ0) is 74.0. The van der Waals surface area contributed by atoms with E-state index in [1.165, 1.54) is 6.92 Å². The van der Waals surface area contributed by atoms with Gasteiger partial charge in [-0.3, -0.25) is 4.79 Å². The fourth-order valence-electron chi connectivity index (χ4n) is 12.6. The highest BCUT2D eigenvalue weighted by Crippen LogP contribution is 2.41. The first-order chi connectivity index (χ1) is 47.1. The number of ether oxygens (including phenoxy) is 16. The Morgan fingerprint density at radius 3 is 1.37 bits per heavy atom. The lowest BCUT2D eigenvalue weighted by atomic mass is 9.92. The molecule has 8 heterocycles. The summed E-state index contributed by atoms with van der Waals surface area (Å²) < 4.78 is 92.5. The van der Waals surface area contributed by atoms with E-state index in [1.807, 2.05) is 0 Å². The van der Waals surface area contributed by atoms with Gasteiger partial charge < -0.3 is 209 Å². The van der Waals surface area contributed by atoms with Gasteiger partial charge in [-0.1, -0.05) is 0 Å². The van der Waals surface area contributed by atoms with Crippen molar-refractivity contribution in [3.05, 3.63) is 0 Å². The fraction of sp³-hybridized carbons (Fsp3) is 0.945. The molecule has 0 aromatic rings. The molecule has 580 valence electrons. The van der Waals surface area contributed by atoms with Gasteiger partial charge in [-0.15, -0.1) is 0 Å². The third-order valence-electron chi connectivity index (χ3n) is 18.3. The molecule has 8 aliphatic rings. The van der Waals surface area contributed by atoms with Crippen LogP contribution in [0.25, 0.3) is 0 Å². The number of carbonyl (C=O) groups excluding carboxylic acids is 1. The van der Waals surface area contributed by atoms with Crippen molar-refractivity contribution < 1.29 is 218 Å². The molecule has 0 aromatic heterocycles. The van der Waals surface area contributed by atoms with Gasteiger partial charge in [-0.2, -0.15) is 0 Å². The molecular formula is C55H91NO44. The highest BCUT2D eigenvalue weighted by atomic mass is 16.8. The summed E-state index contributed by atoms with van der Waals surface area (Å²) >= 11 is 0. The van der Waals surface area contributed by atoms with Gasteiger partial charge in [0.2, 0.25) is 5.91 Å². The van der Waals surface area contributed by atoms with Crippen LogP contribution in [0.15, 0.2) is 0 Å². The molecule has 8 rings (SSSR count). The first kappa shape index (κ1) is 82.5. The maximum atomic E-state index is 12.5. The maximum absolute atomic E-state index is 12.5. The van der Waals surface area contributed by atoms with Crippen LogP contribution in [-0.4, -0.2) is 443 Å². The van der Waals surface area contributed by atoms with Crippen molar-refractivity contribution in [3.63, 3.8) is 0 Å². The van der Waals surface area contributed by atoms with Crippen LogP contribution in [0.1, 0.15) is 27.2 Å². The Morgan fingerprint density at radius 1 is 0.450 bits per heavy atom. The lowest BCUT2D eigenvalue weighted by Gasteiger charge is -2.51. The van der Waals surface area contributed by atoms with E-state index < -0.39 is 322 Å². The van der Waals surface area contributed by atoms with Crippen molar-refractivity contribution in [2.24, 2.45) is 0 Å². The van der Waals surface area contributed by atoms with E-state index in [4.69, 9.17) is 75.8 Å². The molecule has 45 nitrogen and oxygen atoms in total. The summed E-state index contributed by atoms with van der Waals surface area (Å²) in [6, 6.07) is -1.64. The van der Waals surface area contributed by atoms with Crippen LogP contribution in [0.2, 0.25) is 0 Å². The minimum absolute atomic E-state index is 0.811. The lowest BCUT2D eigenvalue weighted by molar-refractivity contribution is -0.409. The van der Waals surface area contributed by atoms with E-state index in [9.17, 15) is 142 Å². The number of nitrogens with one attached hydrogen (secondary N) is 1. The van der Waals surface area contributed by atoms with Gasteiger partial charge in [-0.25, -0.2) is 9.59 Å². The van der Waals surface area contributed by atoms with Gasteiger partial charge in [0.25, 0.3) is 5.79 Å². The standard InChI is InChI=1S/C55H91NO44/c1-12-24(66)43(97-47-23(56-14(3)63)42(86-13(2)46(80)81)27(69)19(8-60)88-47)35(77)51(87-12)98-44-28(70)20(9-61)91-52(36(44)78)95-40-21(10-62)92-50(34(76)31(40)73)96-41-22(11-85-48-32(74)29(71)25(67)17(6-58)89-48)93-53(37(79)45(41)99-49-33(75)30(72)26(68)18(7-59)90-49)94-38-15(64)4-55(84,54(82)83)100-39(38)16(65)5-57/h12-13,15-45,47-53,57-62,64-79,84H,4-11H2,1-3H3,(H,56,63)(H,80,81)(H,82,83)/t12-,13+,15+,16+,17+,18+,19+,20+,21+,22+,23+,24-,25+,26+,27+,28-,29-,30-,31+,32+,33+,34+,35+,36+,37+,38+,39+,40+,41+,42+,43+,44-,45+,47+,48+,49-,50-,51-,52-,53+,55?/m0/s1. The molecule has 45 heteroatoms. The quantitative estimate of drug-likeness (QED) is 0.0363. The van der Waals surface area contributed by atoms with Crippen molar-refractivity contribution in [3.8, 4) is 0 Å². The topological polar surface area (TPSA) is 717 Å². The summed E-state index contributed by atoms with van der Waals surface area (Å²) in [7, 11) is 0. The Hall–Kier alpha value is -3.15. The normalized spacial score (nSPS) is 49.5. The third-order valence-corrected chi connectivity index (χ3v) is 18.3. The van der Waals surface area contributed by atoms with Gasteiger partial charge in [0.05, 0.1) is 58.5 Å². The fourth-order valence-corrected chi connectivity index (χ4v) is 12.6. The average molecular weight is 1470 g/mol. The van der Waals surface area contributed by atoms with E-state index in [0.717, 1.165) is 13.8 Å². The highest BCUT2D eigenvalue weighted by molar-refractivity contribution is 5.75. The van der Waals surface area contributed by atoms with Crippen molar-refractivity contribution in [1.82, 2.24) is 5.32 Å². The van der Waals surface area contributed by atoms with Gasteiger partial charge >= 0.3 is 11.9 Å². The molecule has 41 atom stereocenters. The molecule has 8 fully saturated rings. The Balaban J connectivity index is 1.07. The van der Waals surface area contributed by atoms with Crippen molar-refractivity contribution in [2.45, 2.75) is 278 Å². The largest absolute Gasteiger partial charge is 0.479 e. The van der Waals surface area contributed by atoms with Crippen LogP contribution in [0.3, 0.4) is 0 Å². The number of aliphatic carboxylic acids is 2. The summed E-state index contributed by atoms with van der Waals surface area (Å²) in [5.74, 6) is -7.68. The number of carboxylic acid groups (broad SMARTS) is 2. The molecule has 26 N–H and O–H groups in total. The number of hydrogen-bond donors (Lipinski definition) is 26. The van der Waals surface area contributed by atoms with E-state index >= 15 is 0 Å². The molecule has 8 aliphatic heterocycles. The Labute approximate surface area is 564 Å². The zero-order valence-corrected chi connectivity index (χ0v) is 53.2. The summed E-state index contributed by atoms with van der Waals surface area (Å²) in [5.41, 5.74) is 0. The van der Waals surface area contributed by atoms with Crippen LogP contribution in [-0.2, 0) is 90.2 Å². The SMILES string of the molecule is CC(=O)N[C@H]1[C@@H](O[C@@H]2[C@@H](O)[C@H](C)O[C@@H](O[C@H]3[C@@H](O)[C@@H](CO)O[C@@H](O[C@H]4[C@H](O)[C@@H](O)[C@H](O[C@H]5[C@H](O[C@@H]6O[C@H](CO)[C@@H](O)[C@H](O)[C@H]6O)[C@@H](O)[C@@H](O[C@H]6[C@@H]([C@H](O)CO)OC(O)(C(=O)O)C[C@H]6O)O[C@@H]5CO[C@@H]5O[C@H](CO)[C@@H](O)[C@H](O)[C@H]5O)O[C@@H]4CO)[C@@H]3O)[C@@H]2O)O[C@H](CO)[C@@H](O)[C@@H]1O[C@H](C)C(=O)O. The molecule has 100 heavy (non-hydrogen) atoms. The van der Waals surface area contributed by atoms with Gasteiger partial charge in [-0.05, 0) is 13.8 Å². The number of aliphatic hydroxyl groups excluding tert-OH is 22. The Morgan fingerprint density at radius 2 is 0.850 bits per heavy atom. The molecule has 1 amide bonds. The van der Waals surface area contributed by atoms with Gasteiger partial charge in [0.1, 0.15) is 183 Å². The van der Waals surface area contributed by atoms with Crippen molar-refractivity contribution >= 4 is 17.8 Å². The maximum Gasteiger partial charge on any atom is 0.364 e. The minimum atomic E-state index is -3.26. The van der Waals surface area contributed by atoms with Gasteiger partial charge in [0.15, 0.2) is 50.1 Å². The number of amides is 1. The van der Waals surface area contributed by atoms with Gasteiger partial charge in [0, 0.05) is 13.3 Å². The van der Waals surface area contributed by atoms with Crippen molar-refractivity contribution in [2.75, 3.05) is 46.2 Å². The number of rotatable bonds is 27. The lowest BCUT2D eigenvalue weighted by Crippen LogP contribution is -2.69.